The predicted molar refractivity (Wildman–Crippen MR) is 102 cm³/mol. The molecule has 0 fully saturated rings. The minimum Gasteiger partial charge on any atom is -0.506 e. The normalized spacial score (nSPS) is 11.2. The summed E-state index contributed by atoms with van der Waals surface area (Å²) in [5, 5.41) is 20.9. The van der Waals surface area contributed by atoms with E-state index in [0.29, 0.717) is 32.3 Å². The largest absolute Gasteiger partial charge is 0.506 e. The highest BCUT2D eigenvalue weighted by Crippen LogP contribution is 2.30. The van der Waals surface area contributed by atoms with Crippen LogP contribution in [-0.4, -0.2) is 26.5 Å². The molecule has 0 amide bonds. The fourth-order valence-corrected chi connectivity index (χ4v) is 2.75. The van der Waals surface area contributed by atoms with Gasteiger partial charge >= 0.3 is 0 Å². The van der Waals surface area contributed by atoms with Crippen molar-refractivity contribution < 1.29 is 5.11 Å². The Bertz CT molecular complexity index is 957. The molecule has 0 aliphatic heterocycles. The van der Waals surface area contributed by atoms with E-state index in [1.807, 2.05) is 0 Å². The maximum Gasteiger partial charge on any atom is 0.269 e. The van der Waals surface area contributed by atoms with Crippen molar-refractivity contribution in [3.05, 3.63) is 56.0 Å². The van der Waals surface area contributed by atoms with Crippen LogP contribution in [0.1, 0.15) is 5.56 Å². The lowest BCUT2D eigenvalue weighted by molar-refractivity contribution is 0.475. The summed E-state index contributed by atoms with van der Waals surface area (Å²) >= 11 is 23.8. The number of aromatic hydroxyl groups is 1. The van der Waals surface area contributed by atoms with Crippen molar-refractivity contribution in [2.45, 2.75) is 0 Å². The van der Waals surface area contributed by atoms with E-state index >= 15 is 0 Å². The lowest BCUT2D eigenvalue weighted by Crippen LogP contribution is -1.93. The van der Waals surface area contributed by atoms with Crippen LogP contribution in [0.15, 0.2) is 35.3 Å². The second-order valence-electron chi connectivity index (χ2n) is 4.82. The first-order chi connectivity index (χ1) is 11.9. The zero-order valence-corrected chi connectivity index (χ0v) is 15.3. The number of nitrogens with one attached hydrogen (secondary N) is 2. The minimum absolute atomic E-state index is 0.127. The van der Waals surface area contributed by atoms with Gasteiger partial charge in [-0.25, -0.2) is 10.1 Å². The van der Waals surface area contributed by atoms with Crippen molar-refractivity contribution >= 4 is 70.2 Å². The number of aliphatic imine (C=N–C) groups is 1. The Kier molecular flexibility index (Phi) is 5.34. The molecule has 0 aliphatic rings. The molecule has 2 aromatic carbocycles. The van der Waals surface area contributed by atoms with Crippen LogP contribution in [0.4, 0.5) is 17.6 Å². The Morgan fingerprint density at radius 2 is 1.84 bits per heavy atom. The van der Waals surface area contributed by atoms with E-state index in [9.17, 15) is 5.11 Å². The van der Waals surface area contributed by atoms with Crippen LogP contribution in [-0.2, 0) is 0 Å². The summed E-state index contributed by atoms with van der Waals surface area (Å²) in [7, 11) is 0. The molecule has 128 valence electrons. The lowest BCUT2D eigenvalue weighted by Gasteiger charge is -2.04. The van der Waals surface area contributed by atoms with Crippen molar-refractivity contribution in [1.29, 1.82) is 0 Å². The van der Waals surface area contributed by atoms with Gasteiger partial charge in [-0.05, 0) is 30.3 Å². The standard InChI is InChI=1S/C15H9Cl4N5O/c16-8-1-2-10(18)12(5-8)21-15-22-14(23-24-15)20-6-7-3-9(17)4-11(19)13(7)25/h1-6,25H,(H2,21,22,23,24)/b20-6+. The zero-order chi connectivity index (χ0) is 18.0. The van der Waals surface area contributed by atoms with E-state index in [4.69, 9.17) is 46.4 Å². The zero-order valence-electron chi connectivity index (χ0n) is 12.3. The number of aromatic nitrogens is 3. The molecule has 6 nitrogen and oxygen atoms in total. The fraction of sp³-hybridized carbons (Fsp3) is 0. The molecule has 3 N–H and O–H groups in total. The number of hydrogen-bond acceptors (Lipinski definition) is 5. The van der Waals surface area contributed by atoms with Crippen LogP contribution in [0, 0.1) is 0 Å². The van der Waals surface area contributed by atoms with Gasteiger partial charge in [0, 0.05) is 21.8 Å². The average molecular weight is 417 g/mol. The second kappa shape index (κ2) is 7.49. The molecule has 0 radical (unpaired) electrons. The van der Waals surface area contributed by atoms with Crippen LogP contribution >= 0.6 is 46.4 Å². The Labute approximate surface area is 162 Å². The van der Waals surface area contributed by atoms with E-state index < -0.39 is 0 Å². The van der Waals surface area contributed by atoms with Gasteiger partial charge in [0.2, 0.25) is 5.95 Å². The van der Waals surface area contributed by atoms with Gasteiger partial charge in [-0.1, -0.05) is 46.4 Å². The van der Waals surface area contributed by atoms with Crippen LogP contribution in [0.3, 0.4) is 0 Å². The third kappa shape index (κ3) is 4.35. The lowest BCUT2D eigenvalue weighted by atomic mass is 10.2. The molecule has 0 spiro atoms. The number of phenols is 1. The SMILES string of the molecule is Oc1c(Cl)cc(Cl)cc1/C=N/c1n[nH]c(Nc2cc(Cl)ccc2Cl)n1. The Hall–Kier alpha value is -1.99. The molecule has 10 heteroatoms. The quantitative estimate of drug-likeness (QED) is 0.482. The van der Waals surface area contributed by atoms with Crippen LogP contribution in [0.2, 0.25) is 20.1 Å². The maximum atomic E-state index is 9.89. The number of nitrogens with zero attached hydrogens (tertiary/aromatic N) is 3. The molecule has 1 aromatic heterocycles. The van der Waals surface area contributed by atoms with Crippen LogP contribution < -0.4 is 5.32 Å². The first kappa shape index (κ1) is 17.8. The molecule has 1 heterocycles. The third-order valence-electron chi connectivity index (χ3n) is 3.03. The molecule has 0 unspecified atom stereocenters. The number of H-pyrrole nitrogens is 1. The van der Waals surface area contributed by atoms with Gasteiger partial charge in [-0.3, -0.25) is 0 Å². The van der Waals surface area contributed by atoms with E-state index in [1.165, 1.54) is 18.3 Å². The number of rotatable bonds is 4. The van der Waals surface area contributed by atoms with Gasteiger partial charge < -0.3 is 10.4 Å². The second-order valence-corrected chi connectivity index (χ2v) is 6.50. The summed E-state index contributed by atoms with van der Waals surface area (Å²) in [4.78, 5) is 8.21. The Balaban J connectivity index is 1.79. The smallest absolute Gasteiger partial charge is 0.269 e. The molecule has 3 aromatic rings. The Morgan fingerprint density at radius 1 is 1.04 bits per heavy atom. The molecule has 0 atom stereocenters. The third-order valence-corrected chi connectivity index (χ3v) is 4.10. The molecule has 0 bridgehead atoms. The van der Waals surface area contributed by atoms with E-state index in [0.717, 1.165) is 0 Å². The van der Waals surface area contributed by atoms with Crippen LogP contribution in [0.5, 0.6) is 5.75 Å². The number of halogens is 4. The van der Waals surface area contributed by atoms with E-state index in [-0.39, 0.29) is 16.7 Å². The van der Waals surface area contributed by atoms with Gasteiger partial charge in [-0.2, -0.15) is 4.98 Å². The summed E-state index contributed by atoms with van der Waals surface area (Å²) in [6.45, 7) is 0. The first-order valence-electron chi connectivity index (χ1n) is 6.79. The number of anilines is 2. The summed E-state index contributed by atoms with van der Waals surface area (Å²) in [5.74, 6) is 0.329. The van der Waals surface area contributed by atoms with Gasteiger partial charge in [0.1, 0.15) is 5.75 Å². The minimum atomic E-state index is -0.130. The van der Waals surface area contributed by atoms with E-state index in [2.05, 4.69) is 25.5 Å². The van der Waals surface area contributed by atoms with Crippen molar-refractivity contribution in [3.8, 4) is 5.75 Å². The van der Waals surface area contributed by atoms with Crippen molar-refractivity contribution in [1.82, 2.24) is 15.2 Å². The Morgan fingerprint density at radius 3 is 2.64 bits per heavy atom. The summed E-state index contributed by atoms with van der Waals surface area (Å²) in [6, 6.07) is 7.94. The highest BCUT2D eigenvalue weighted by atomic mass is 35.5. The molecule has 0 saturated carbocycles. The molecule has 0 saturated heterocycles. The number of aromatic amines is 1. The van der Waals surface area contributed by atoms with E-state index in [1.54, 1.807) is 18.2 Å². The predicted octanol–water partition coefficient (Wildman–Crippen LogP) is 5.62. The number of phenolic OH excluding ortho intramolecular Hbond substituents is 1. The molecular weight excluding hydrogens is 408 g/mol. The van der Waals surface area contributed by atoms with Crippen molar-refractivity contribution in [3.63, 3.8) is 0 Å². The van der Waals surface area contributed by atoms with Gasteiger partial charge in [-0.15, -0.1) is 5.10 Å². The summed E-state index contributed by atoms with van der Waals surface area (Å²) in [6.07, 6.45) is 1.35. The first-order valence-corrected chi connectivity index (χ1v) is 8.30. The number of hydrogen-bond donors (Lipinski definition) is 3. The number of benzene rings is 2. The molecule has 3 rings (SSSR count). The topological polar surface area (TPSA) is 86.2 Å². The highest BCUT2D eigenvalue weighted by Gasteiger charge is 2.08. The average Bonchev–Trinajstić information content (AvgIpc) is 3.00. The molecule has 0 aliphatic carbocycles. The summed E-state index contributed by atoms with van der Waals surface area (Å²) in [5.41, 5.74) is 0.912. The van der Waals surface area contributed by atoms with Crippen LogP contribution in [0.25, 0.3) is 0 Å². The highest BCUT2D eigenvalue weighted by molar-refractivity contribution is 6.36. The molecular formula is C15H9Cl4N5O. The maximum absolute atomic E-state index is 9.89. The van der Waals surface area contributed by atoms with Gasteiger partial charge in [0.25, 0.3) is 5.95 Å². The fourth-order valence-electron chi connectivity index (χ4n) is 1.90. The van der Waals surface area contributed by atoms with Crippen molar-refractivity contribution in [2.24, 2.45) is 4.99 Å². The monoisotopic (exact) mass is 415 g/mol. The van der Waals surface area contributed by atoms with Gasteiger partial charge in [0.05, 0.1) is 15.7 Å². The summed E-state index contributed by atoms with van der Waals surface area (Å²) < 4.78 is 0. The molecule has 25 heavy (non-hydrogen) atoms. The van der Waals surface area contributed by atoms with Gasteiger partial charge in [0.15, 0.2) is 0 Å². The van der Waals surface area contributed by atoms with Crippen molar-refractivity contribution in [2.75, 3.05) is 5.32 Å².